The van der Waals surface area contributed by atoms with Crippen LogP contribution in [0.4, 0.5) is 0 Å². The molecule has 0 bridgehead atoms. The Hall–Kier alpha value is -1.02. The zero-order valence-corrected chi connectivity index (χ0v) is 8.92. The first-order valence-corrected chi connectivity index (χ1v) is 5.09. The Kier molecular flexibility index (Phi) is 5.08. The normalized spacial score (nSPS) is 10.5. The number of nitrogens with one attached hydrogen (secondary N) is 1. The van der Waals surface area contributed by atoms with E-state index in [1.54, 1.807) is 0 Å². The summed E-state index contributed by atoms with van der Waals surface area (Å²) in [5.74, 6) is 1.51. The molecule has 2 heteroatoms. The predicted octanol–water partition coefficient (Wildman–Crippen LogP) is 2.11. The molecule has 14 heavy (non-hydrogen) atoms. The highest BCUT2D eigenvalue weighted by Crippen LogP contribution is 2.06. The molecule has 1 aromatic carbocycles. The van der Waals surface area contributed by atoms with Crippen molar-refractivity contribution in [3.8, 4) is 5.75 Å². The summed E-state index contributed by atoms with van der Waals surface area (Å²) < 4.78 is 5.47. The van der Waals surface area contributed by atoms with Gasteiger partial charge in [-0.05, 0) is 18.5 Å². The number of ether oxygens (including phenoxy) is 1. The van der Waals surface area contributed by atoms with Crippen LogP contribution < -0.4 is 10.1 Å². The van der Waals surface area contributed by atoms with E-state index in [4.69, 9.17) is 4.74 Å². The van der Waals surface area contributed by atoms with E-state index in [1.807, 2.05) is 24.3 Å². The van der Waals surface area contributed by atoms with E-state index in [0.717, 1.165) is 18.8 Å². The molecule has 0 saturated heterocycles. The fraction of sp³-hybridized carbons (Fsp3) is 0.500. The van der Waals surface area contributed by atoms with Crippen molar-refractivity contribution in [1.29, 1.82) is 0 Å². The topological polar surface area (TPSA) is 21.3 Å². The fourth-order valence-corrected chi connectivity index (χ4v) is 1.09. The maximum Gasteiger partial charge on any atom is 0.127 e. The van der Waals surface area contributed by atoms with Crippen molar-refractivity contribution in [2.45, 2.75) is 13.8 Å². The molecule has 0 aliphatic rings. The average molecular weight is 192 g/mol. The van der Waals surface area contributed by atoms with Crippen molar-refractivity contribution in [2.24, 2.45) is 5.92 Å². The minimum Gasteiger partial charge on any atom is -0.492 e. The molecule has 1 radical (unpaired) electrons. The van der Waals surface area contributed by atoms with Crippen LogP contribution >= 0.6 is 0 Å². The highest BCUT2D eigenvalue weighted by atomic mass is 16.5. The first-order valence-electron chi connectivity index (χ1n) is 5.09. The molecule has 2 nitrogen and oxygen atoms in total. The van der Waals surface area contributed by atoms with Gasteiger partial charge in [0.1, 0.15) is 12.4 Å². The average Bonchev–Trinajstić information content (AvgIpc) is 2.18. The number of para-hydroxylation sites is 1. The second kappa shape index (κ2) is 6.44. The standard InChI is InChI=1S/C12H18NO/c1-11(2)10-13-8-9-14-12-6-4-3-5-7-12/h3-6,11,13H,8-10H2,1-2H3. The van der Waals surface area contributed by atoms with Crippen LogP contribution in [0.25, 0.3) is 0 Å². The zero-order chi connectivity index (χ0) is 10.2. The van der Waals surface area contributed by atoms with Gasteiger partial charge in [0, 0.05) is 12.6 Å². The Morgan fingerprint density at radius 1 is 1.43 bits per heavy atom. The van der Waals surface area contributed by atoms with Gasteiger partial charge in [0.15, 0.2) is 0 Å². The molecular weight excluding hydrogens is 174 g/mol. The van der Waals surface area contributed by atoms with E-state index < -0.39 is 0 Å². The molecule has 0 aromatic heterocycles. The van der Waals surface area contributed by atoms with Crippen LogP contribution in [0.15, 0.2) is 24.3 Å². The maximum atomic E-state index is 5.47. The highest BCUT2D eigenvalue weighted by Gasteiger charge is 1.93. The summed E-state index contributed by atoms with van der Waals surface area (Å²) in [4.78, 5) is 0. The van der Waals surface area contributed by atoms with Gasteiger partial charge in [-0.1, -0.05) is 32.0 Å². The maximum absolute atomic E-state index is 5.47. The first kappa shape index (κ1) is 11.1. The Bertz CT molecular complexity index is 233. The van der Waals surface area contributed by atoms with Crippen molar-refractivity contribution in [3.05, 3.63) is 30.3 Å². The van der Waals surface area contributed by atoms with E-state index >= 15 is 0 Å². The van der Waals surface area contributed by atoms with Crippen LogP contribution in [0, 0.1) is 12.0 Å². The van der Waals surface area contributed by atoms with Gasteiger partial charge in [0.05, 0.1) is 0 Å². The van der Waals surface area contributed by atoms with Crippen LogP contribution in [0.2, 0.25) is 0 Å². The molecule has 0 saturated carbocycles. The lowest BCUT2D eigenvalue weighted by molar-refractivity contribution is 0.310. The van der Waals surface area contributed by atoms with Gasteiger partial charge in [-0.25, -0.2) is 0 Å². The van der Waals surface area contributed by atoms with Crippen LogP contribution in [0.3, 0.4) is 0 Å². The lowest BCUT2D eigenvalue weighted by atomic mass is 10.2. The quantitative estimate of drug-likeness (QED) is 0.697. The summed E-state index contributed by atoms with van der Waals surface area (Å²) in [5.41, 5.74) is 0. The molecule has 77 valence electrons. The Balaban J connectivity index is 2.05. The lowest BCUT2D eigenvalue weighted by Gasteiger charge is -2.08. The van der Waals surface area contributed by atoms with Crippen molar-refractivity contribution in [3.63, 3.8) is 0 Å². The molecule has 0 heterocycles. The number of hydrogen-bond donors (Lipinski definition) is 1. The molecule has 1 aromatic rings. The lowest BCUT2D eigenvalue weighted by Crippen LogP contribution is -2.24. The van der Waals surface area contributed by atoms with E-state index in [1.165, 1.54) is 0 Å². The zero-order valence-electron chi connectivity index (χ0n) is 8.92. The van der Waals surface area contributed by atoms with Gasteiger partial charge in [-0.2, -0.15) is 0 Å². The third-order valence-corrected chi connectivity index (χ3v) is 1.77. The van der Waals surface area contributed by atoms with Gasteiger partial charge in [-0.15, -0.1) is 0 Å². The molecule has 0 atom stereocenters. The summed E-state index contributed by atoms with van der Waals surface area (Å²) >= 11 is 0. The van der Waals surface area contributed by atoms with Gasteiger partial charge in [0.25, 0.3) is 0 Å². The number of benzene rings is 1. The number of hydrogen-bond acceptors (Lipinski definition) is 2. The van der Waals surface area contributed by atoms with Gasteiger partial charge in [-0.3, -0.25) is 0 Å². The third kappa shape index (κ3) is 4.87. The van der Waals surface area contributed by atoms with Crippen LogP contribution in [-0.2, 0) is 0 Å². The van der Waals surface area contributed by atoms with Crippen LogP contribution in [0.5, 0.6) is 5.75 Å². The van der Waals surface area contributed by atoms with Gasteiger partial charge >= 0.3 is 0 Å². The second-order valence-corrected chi connectivity index (χ2v) is 3.67. The number of rotatable bonds is 6. The summed E-state index contributed by atoms with van der Waals surface area (Å²) in [7, 11) is 0. The molecule has 0 fully saturated rings. The molecule has 0 aliphatic heterocycles. The van der Waals surface area contributed by atoms with E-state index in [2.05, 4.69) is 25.2 Å². The molecule has 0 aliphatic carbocycles. The van der Waals surface area contributed by atoms with Crippen LogP contribution in [-0.4, -0.2) is 19.7 Å². The van der Waals surface area contributed by atoms with Crippen molar-refractivity contribution in [1.82, 2.24) is 5.32 Å². The second-order valence-electron chi connectivity index (χ2n) is 3.67. The Morgan fingerprint density at radius 3 is 2.93 bits per heavy atom. The van der Waals surface area contributed by atoms with E-state index in [0.29, 0.717) is 12.5 Å². The predicted molar refractivity (Wildman–Crippen MR) is 58.5 cm³/mol. The first-order chi connectivity index (χ1) is 6.79. The fourth-order valence-electron chi connectivity index (χ4n) is 1.09. The molecule has 1 rings (SSSR count). The molecule has 0 amide bonds. The van der Waals surface area contributed by atoms with Crippen molar-refractivity contribution in [2.75, 3.05) is 19.7 Å². The minimum atomic E-state index is 0.693. The minimum absolute atomic E-state index is 0.693. The summed E-state index contributed by atoms with van der Waals surface area (Å²) in [6.07, 6.45) is 0. The Morgan fingerprint density at radius 2 is 2.29 bits per heavy atom. The SMILES string of the molecule is CC(C)CNCCOc1[c]cccc1. The van der Waals surface area contributed by atoms with Crippen molar-refractivity contribution >= 4 is 0 Å². The smallest absolute Gasteiger partial charge is 0.127 e. The monoisotopic (exact) mass is 192 g/mol. The summed E-state index contributed by atoms with van der Waals surface area (Å²) in [5, 5.41) is 3.32. The largest absolute Gasteiger partial charge is 0.492 e. The molecule has 1 N–H and O–H groups in total. The Labute approximate surface area is 86.3 Å². The van der Waals surface area contributed by atoms with Gasteiger partial charge < -0.3 is 10.1 Å². The van der Waals surface area contributed by atoms with Crippen LogP contribution in [0.1, 0.15) is 13.8 Å². The summed E-state index contributed by atoms with van der Waals surface area (Å²) in [6.45, 7) is 7.02. The molecule has 0 unspecified atom stereocenters. The van der Waals surface area contributed by atoms with E-state index in [9.17, 15) is 0 Å². The molecule has 0 spiro atoms. The highest BCUT2D eigenvalue weighted by molar-refractivity contribution is 5.19. The van der Waals surface area contributed by atoms with Gasteiger partial charge in [0.2, 0.25) is 0 Å². The third-order valence-electron chi connectivity index (χ3n) is 1.77. The summed E-state index contributed by atoms with van der Waals surface area (Å²) in [6, 6.07) is 10.7. The molecular formula is C12H18NO. The van der Waals surface area contributed by atoms with E-state index in [-0.39, 0.29) is 0 Å². The van der Waals surface area contributed by atoms with Crippen molar-refractivity contribution < 1.29 is 4.74 Å².